The molecule has 2 aliphatic rings. The maximum Gasteiger partial charge on any atom is 0.237 e. The summed E-state index contributed by atoms with van der Waals surface area (Å²) in [4.78, 5) is 30.6. The molecule has 0 unspecified atom stereocenters. The predicted octanol–water partition coefficient (Wildman–Crippen LogP) is 3.56. The van der Waals surface area contributed by atoms with Crippen LogP contribution < -0.4 is 5.32 Å². The van der Waals surface area contributed by atoms with Crippen LogP contribution in [0.4, 0.5) is 11.6 Å². The Labute approximate surface area is 190 Å². The fourth-order valence-corrected chi connectivity index (χ4v) is 4.77. The Hall–Kier alpha value is -2.58. The number of anilines is 2. The summed E-state index contributed by atoms with van der Waals surface area (Å²) >= 11 is 0. The highest BCUT2D eigenvalue weighted by Gasteiger charge is 2.31. The Morgan fingerprint density at radius 3 is 2.81 bits per heavy atom. The molecule has 0 radical (unpaired) electrons. The molecule has 32 heavy (non-hydrogen) atoms. The number of rotatable bonds is 7. The first-order valence-electron chi connectivity index (χ1n) is 11.8. The van der Waals surface area contributed by atoms with Gasteiger partial charge in [0.15, 0.2) is 0 Å². The standard InChI is InChI=1S/C24H34N6O2/c1-18(2)30(19-7-4-3-5-8-19)24(31)17-29-13-14-32-21(16-29)20-9-6-10-22(27-20)28-23-15-25-11-12-26-23/h6,9-12,15,18-19,21H,3-5,7-8,13-14,16-17H2,1-2H3,(H,26,27,28)/t21-/m1/s1. The second-order valence-corrected chi connectivity index (χ2v) is 8.94. The lowest BCUT2D eigenvalue weighted by Gasteiger charge is -2.39. The second kappa shape index (κ2) is 10.8. The fraction of sp³-hybridized carbons (Fsp3) is 0.583. The first-order valence-corrected chi connectivity index (χ1v) is 11.8. The molecule has 4 rings (SSSR count). The number of pyridine rings is 1. The number of aromatic nitrogens is 3. The van der Waals surface area contributed by atoms with Crippen LogP contribution in [0, 0.1) is 0 Å². The lowest BCUT2D eigenvalue weighted by Crippen LogP contribution is -2.51. The summed E-state index contributed by atoms with van der Waals surface area (Å²) in [7, 11) is 0. The van der Waals surface area contributed by atoms with E-state index in [0.717, 1.165) is 25.1 Å². The Balaban J connectivity index is 1.38. The van der Waals surface area contributed by atoms with E-state index in [4.69, 9.17) is 9.72 Å². The van der Waals surface area contributed by atoms with Crippen LogP contribution in [0.3, 0.4) is 0 Å². The van der Waals surface area contributed by atoms with Crippen LogP contribution in [0.15, 0.2) is 36.8 Å². The fourth-order valence-electron chi connectivity index (χ4n) is 4.77. The Kier molecular flexibility index (Phi) is 7.65. The summed E-state index contributed by atoms with van der Waals surface area (Å²) in [5.74, 6) is 1.58. The molecule has 1 saturated carbocycles. The number of morpholine rings is 1. The van der Waals surface area contributed by atoms with Gasteiger partial charge in [0.2, 0.25) is 5.91 Å². The van der Waals surface area contributed by atoms with Gasteiger partial charge in [0.05, 0.1) is 25.0 Å². The monoisotopic (exact) mass is 438 g/mol. The number of carbonyl (C=O) groups is 1. The molecule has 0 bridgehead atoms. The lowest BCUT2D eigenvalue weighted by atomic mass is 9.93. The molecule has 1 N–H and O–H groups in total. The van der Waals surface area contributed by atoms with Crippen molar-refractivity contribution in [2.75, 3.05) is 31.6 Å². The molecular formula is C24H34N6O2. The summed E-state index contributed by atoms with van der Waals surface area (Å²) in [5, 5.41) is 3.18. The van der Waals surface area contributed by atoms with Gasteiger partial charge < -0.3 is 15.0 Å². The molecule has 1 aliphatic carbocycles. The van der Waals surface area contributed by atoms with Crippen LogP contribution in [0.2, 0.25) is 0 Å². The first kappa shape index (κ1) is 22.6. The van der Waals surface area contributed by atoms with Crippen molar-refractivity contribution in [1.82, 2.24) is 24.8 Å². The molecule has 1 amide bonds. The summed E-state index contributed by atoms with van der Waals surface area (Å²) in [5.41, 5.74) is 0.851. The lowest BCUT2D eigenvalue weighted by molar-refractivity contribution is -0.139. The molecule has 0 aromatic carbocycles. The topological polar surface area (TPSA) is 83.5 Å². The molecule has 172 valence electrons. The highest BCUT2D eigenvalue weighted by Crippen LogP contribution is 2.26. The van der Waals surface area contributed by atoms with Crippen molar-refractivity contribution >= 4 is 17.5 Å². The third-order valence-corrected chi connectivity index (χ3v) is 6.24. The zero-order chi connectivity index (χ0) is 22.3. The molecular weight excluding hydrogens is 404 g/mol. The van der Waals surface area contributed by atoms with Crippen molar-refractivity contribution in [3.8, 4) is 0 Å². The van der Waals surface area contributed by atoms with Crippen LogP contribution in [-0.4, -0.2) is 69.0 Å². The molecule has 3 heterocycles. The smallest absolute Gasteiger partial charge is 0.237 e. The number of nitrogens with zero attached hydrogens (tertiary/aromatic N) is 5. The van der Waals surface area contributed by atoms with Crippen LogP contribution in [0.25, 0.3) is 0 Å². The van der Waals surface area contributed by atoms with Gasteiger partial charge in [-0.2, -0.15) is 0 Å². The summed E-state index contributed by atoms with van der Waals surface area (Å²) < 4.78 is 6.02. The number of hydrogen-bond acceptors (Lipinski definition) is 7. The van der Waals surface area contributed by atoms with Gasteiger partial charge in [-0.15, -0.1) is 0 Å². The van der Waals surface area contributed by atoms with Crippen molar-refractivity contribution in [2.24, 2.45) is 0 Å². The van der Waals surface area contributed by atoms with Crippen LogP contribution in [0.1, 0.15) is 57.7 Å². The van der Waals surface area contributed by atoms with E-state index in [1.54, 1.807) is 18.6 Å². The zero-order valence-electron chi connectivity index (χ0n) is 19.1. The van der Waals surface area contributed by atoms with E-state index in [2.05, 4.69) is 38.9 Å². The average molecular weight is 439 g/mol. The van der Waals surface area contributed by atoms with Gasteiger partial charge in [-0.05, 0) is 38.8 Å². The van der Waals surface area contributed by atoms with E-state index in [1.807, 2.05) is 18.2 Å². The number of nitrogens with one attached hydrogen (secondary N) is 1. The molecule has 2 aromatic rings. The molecule has 1 atom stereocenters. The third kappa shape index (κ3) is 5.81. The van der Waals surface area contributed by atoms with Crippen molar-refractivity contribution in [3.63, 3.8) is 0 Å². The van der Waals surface area contributed by atoms with Crippen molar-refractivity contribution in [3.05, 3.63) is 42.5 Å². The van der Waals surface area contributed by atoms with Gasteiger partial charge in [-0.3, -0.25) is 14.7 Å². The third-order valence-electron chi connectivity index (χ3n) is 6.24. The first-order chi connectivity index (χ1) is 15.6. The molecule has 8 heteroatoms. The highest BCUT2D eigenvalue weighted by molar-refractivity contribution is 5.79. The van der Waals surface area contributed by atoms with Crippen molar-refractivity contribution in [2.45, 2.75) is 64.1 Å². The summed E-state index contributed by atoms with van der Waals surface area (Å²) in [6, 6.07) is 6.44. The van der Waals surface area contributed by atoms with E-state index >= 15 is 0 Å². The molecule has 0 spiro atoms. The summed E-state index contributed by atoms with van der Waals surface area (Å²) in [6.45, 7) is 6.71. The maximum absolute atomic E-state index is 13.3. The second-order valence-electron chi connectivity index (χ2n) is 8.94. The van der Waals surface area contributed by atoms with E-state index < -0.39 is 0 Å². The average Bonchev–Trinajstić information content (AvgIpc) is 2.81. The molecule has 2 fully saturated rings. The van der Waals surface area contributed by atoms with Gasteiger partial charge >= 0.3 is 0 Å². The minimum Gasteiger partial charge on any atom is -0.369 e. The quantitative estimate of drug-likeness (QED) is 0.708. The number of amides is 1. The van der Waals surface area contributed by atoms with E-state index in [1.165, 1.54) is 19.3 Å². The normalized spacial score (nSPS) is 20.3. The van der Waals surface area contributed by atoms with E-state index in [9.17, 15) is 4.79 Å². The Morgan fingerprint density at radius 1 is 1.22 bits per heavy atom. The molecule has 2 aromatic heterocycles. The Bertz CT molecular complexity index is 872. The minimum absolute atomic E-state index is 0.165. The SMILES string of the molecule is CC(C)N(C(=O)CN1CCO[C@@H](c2cccc(Nc3cnccn3)n2)C1)C1CCCCC1. The molecule has 8 nitrogen and oxygen atoms in total. The Morgan fingerprint density at radius 2 is 2.06 bits per heavy atom. The van der Waals surface area contributed by atoms with Gasteiger partial charge in [0, 0.05) is 37.6 Å². The number of hydrogen-bond donors (Lipinski definition) is 1. The van der Waals surface area contributed by atoms with Gasteiger partial charge in [0.25, 0.3) is 0 Å². The predicted molar refractivity (Wildman–Crippen MR) is 124 cm³/mol. The maximum atomic E-state index is 13.3. The number of ether oxygens (including phenoxy) is 1. The van der Waals surface area contributed by atoms with Crippen LogP contribution >= 0.6 is 0 Å². The van der Waals surface area contributed by atoms with Crippen LogP contribution in [0.5, 0.6) is 0 Å². The highest BCUT2D eigenvalue weighted by atomic mass is 16.5. The van der Waals surface area contributed by atoms with Gasteiger partial charge in [-0.1, -0.05) is 25.3 Å². The van der Waals surface area contributed by atoms with E-state index in [0.29, 0.717) is 37.4 Å². The molecule has 1 saturated heterocycles. The van der Waals surface area contributed by atoms with Crippen molar-refractivity contribution in [1.29, 1.82) is 0 Å². The van der Waals surface area contributed by atoms with Crippen LogP contribution in [-0.2, 0) is 9.53 Å². The summed E-state index contributed by atoms with van der Waals surface area (Å²) in [6.07, 6.45) is 10.8. The van der Waals surface area contributed by atoms with Gasteiger partial charge in [0.1, 0.15) is 17.7 Å². The molecule has 1 aliphatic heterocycles. The zero-order valence-corrected chi connectivity index (χ0v) is 19.1. The van der Waals surface area contributed by atoms with E-state index in [-0.39, 0.29) is 18.1 Å². The van der Waals surface area contributed by atoms with Crippen molar-refractivity contribution < 1.29 is 9.53 Å². The largest absolute Gasteiger partial charge is 0.369 e. The number of carbonyl (C=O) groups excluding carboxylic acids is 1. The minimum atomic E-state index is -0.165. The van der Waals surface area contributed by atoms with Gasteiger partial charge in [-0.25, -0.2) is 9.97 Å².